The van der Waals surface area contributed by atoms with Gasteiger partial charge in [0.25, 0.3) is 0 Å². The van der Waals surface area contributed by atoms with E-state index in [4.69, 9.17) is 0 Å². The number of amides is 1. The Balaban J connectivity index is 2.10. The molecule has 0 aromatic heterocycles. The van der Waals surface area contributed by atoms with Crippen molar-refractivity contribution in [2.45, 2.75) is 32.1 Å². The lowest BCUT2D eigenvalue weighted by Gasteiger charge is -2.26. The first-order chi connectivity index (χ1) is 6.70. The van der Waals surface area contributed by atoms with Crippen LogP contribution in [0.25, 0.3) is 0 Å². The van der Waals surface area contributed by atoms with E-state index in [1.807, 2.05) is 4.90 Å². The Kier molecular flexibility index (Phi) is 4.35. The highest BCUT2D eigenvalue weighted by Crippen LogP contribution is 2.10. The number of piperidine rings is 1. The van der Waals surface area contributed by atoms with Crippen LogP contribution in [-0.4, -0.2) is 35.4 Å². The van der Waals surface area contributed by atoms with E-state index in [9.17, 15) is 14.9 Å². The van der Waals surface area contributed by atoms with E-state index < -0.39 is 0 Å². The highest BCUT2D eigenvalue weighted by atomic mass is 16.6. The zero-order valence-corrected chi connectivity index (χ0v) is 8.28. The van der Waals surface area contributed by atoms with Gasteiger partial charge < -0.3 is 4.90 Å². The highest BCUT2D eigenvalue weighted by Gasteiger charge is 2.16. The van der Waals surface area contributed by atoms with Gasteiger partial charge in [0.15, 0.2) is 0 Å². The zero-order valence-electron chi connectivity index (χ0n) is 8.28. The minimum Gasteiger partial charge on any atom is -0.343 e. The normalized spacial score (nSPS) is 17.1. The molecule has 5 heteroatoms. The quantitative estimate of drug-likeness (QED) is 0.378. The molecule has 1 aliphatic heterocycles. The van der Waals surface area contributed by atoms with Crippen LogP contribution in [0.2, 0.25) is 0 Å². The largest absolute Gasteiger partial charge is 0.343 e. The molecule has 0 radical (unpaired) electrons. The second-order valence-electron chi connectivity index (χ2n) is 3.60. The second-order valence-corrected chi connectivity index (χ2v) is 3.60. The standard InChI is InChI=1S/C9H16N2O3/c12-9-5-1-2-6-10(9)7-3-4-8-11(13)14/h1-8H2. The lowest BCUT2D eigenvalue weighted by atomic mass is 10.1. The molecule has 0 saturated carbocycles. The van der Waals surface area contributed by atoms with Crippen molar-refractivity contribution in [1.29, 1.82) is 0 Å². The molecule has 1 saturated heterocycles. The Morgan fingerprint density at radius 3 is 2.79 bits per heavy atom. The number of hydrogen-bond acceptors (Lipinski definition) is 3. The van der Waals surface area contributed by atoms with Crippen LogP contribution in [-0.2, 0) is 4.79 Å². The van der Waals surface area contributed by atoms with Crippen LogP contribution < -0.4 is 0 Å². The molecule has 1 fully saturated rings. The molecule has 5 nitrogen and oxygen atoms in total. The first-order valence-corrected chi connectivity index (χ1v) is 5.10. The lowest BCUT2D eigenvalue weighted by Crippen LogP contribution is -2.36. The van der Waals surface area contributed by atoms with E-state index in [1.54, 1.807) is 0 Å². The maximum Gasteiger partial charge on any atom is 0.222 e. The van der Waals surface area contributed by atoms with Crippen molar-refractivity contribution in [3.8, 4) is 0 Å². The van der Waals surface area contributed by atoms with Crippen LogP contribution in [0.15, 0.2) is 0 Å². The Morgan fingerprint density at radius 2 is 2.14 bits per heavy atom. The van der Waals surface area contributed by atoms with Gasteiger partial charge in [0.1, 0.15) is 0 Å². The molecule has 1 heterocycles. The Bertz CT molecular complexity index is 218. The summed E-state index contributed by atoms with van der Waals surface area (Å²) in [4.78, 5) is 22.9. The number of nitro groups is 1. The van der Waals surface area contributed by atoms with Gasteiger partial charge in [-0.15, -0.1) is 0 Å². The summed E-state index contributed by atoms with van der Waals surface area (Å²) in [7, 11) is 0. The maximum absolute atomic E-state index is 11.3. The molecule has 1 amide bonds. The molecule has 0 bridgehead atoms. The third-order valence-corrected chi connectivity index (χ3v) is 2.44. The molecule has 80 valence electrons. The summed E-state index contributed by atoms with van der Waals surface area (Å²) in [6, 6.07) is 0. The smallest absolute Gasteiger partial charge is 0.222 e. The molecule has 1 rings (SSSR count). The van der Waals surface area contributed by atoms with Crippen molar-refractivity contribution in [3.63, 3.8) is 0 Å². The van der Waals surface area contributed by atoms with E-state index in [0.717, 1.165) is 25.8 Å². The van der Waals surface area contributed by atoms with E-state index in [2.05, 4.69) is 0 Å². The van der Waals surface area contributed by atoms with Gasteiger partial charge >= 0.3 is 0 Å². The van der Waals surface area contributed by atoms with E-state index in [1.165, 1.54) is 0 Å². The Labute approximate surface area is 83.2 Å². The van der Waals surface area contributed by atoms with Crippen LogP contribution in [0.5, 0.6) is 0 Å². The average molecular weight is 200 g/mol. The van der Waals surface area contributed by atoms with Gasteiger partial charge in [-0.3, -0.25) is 14.9 Å². The number of unbranched alkanes of at least 4 members (excludes halogenated alkanes) is 1. The van der Waals surface area contributed by atoms with Crippen LogP contribution in [0.1, 0.15) is 32.1 Å². The fourth-order valence-corrected chi connectivity index (χ4v) is 1.64. The predicted molar refractivity (Wildman–Crippen MR) is 51.5 cm³/mol. The monoisotopic (exact) mass is 200 g/mol. The Morgan fingerprint density at radius 1 is 1.36 bits per heavy atom. The van der Waals surface area contributed by atoms with Crippen molar-refractivity contribution in [2.75, 3.05) is 19.6 Å². The number of hydrogen-bond donors (Lipinski definition) is 0. The SMILES string of the molecule is O=C1CCCCN1CCCC[N+](=O)[O-]. The number of carbonyl (C=O) groups excluding carboxylic acids is 1. The van der Waals surface area contributed by atoms with Crippen LogP contribution >= 0.6 is 0 Å². The van der Waals surface area contributed by atoms with E-state index >= 15 is 0 Å². The molecule has 1 aliphatic rings. The molecular weight excluding hydrogens is 184 g/mol. The summed E-state index contributed by atoms with van der Waals surface area (Å²) in [5.41, 5.74) is 0. The first kappa shape index (κ1) is 10.9. The van der Waals surface area contributed by atoms with Crippen molar-refractivity contribution < 1.29 is 9.72 Å². The van der Waals surface area contributed by atoms with Gasteiger partial charge in [0.2, 0.25) is 12.5 Å². The van der Waals surface area contributed by atoms with Crippen LogP contribution in [0.3, 0.4) is 0 Å². The second kappa shape index (κ2) is 5.57. The van der Waals surface area contributed by atoms with Gasteiger partial charge in [-0.1, -0.05) is 0 Å². The minimum absolute atomic E-state index is 0.0159. The Hall–Kier alpha value is -1.13. The lowest BCUT2D eigenvalue weighted by molar-refractivity contribution is -0.480. The zero-order chi connectivity index (χ0) is 10.4. The number of carbonyl (C=O) groups is 1. The van der Waals surface area contributed by atoms with Crippen LogP contribution in [0.4, 0.5) is 0 Å². The molecule has 0 aromatic rings. The fourth-order valence-electron chi connectivity index (χ4n) is 1.64. The third kappa shape index (κ3) is 3.72. The maximum atomic E-state index is 11.3. The van der Waals surface area contributed by atoms with Crippen molar-refractivity contribution in [2.24, 2.45) is 0 Å². The highest BCUT2D eigenvalue weighted by molar-refractivity contribution is 5.76. The molecule has 0 aromatic carbocycles. The number of nitrogens with zero attached hydrogens (tertiary/aromatic N) is 2. The minimum atomic E-state index is -0.308. The van der Waals surface area contributed by atoms with Gasteiger partial charge in [-0.2, -0.15) is 0 Å². The molecule has 0 atom stereocenters. The van der Waals surface area contributed by atoms with Crippen molar-refractivity contribution in [3.05, 3.63) is 10.1 Å². The molecule has 0 aliphatic carbocycles. The van der Waals surface area contributed by atoms with Gasteiger partial charge in [0.05, 0.1) is 0 Å². The van der Waals surface area contributed by atoms with Crippen LogP contribution in [0, 0.1) is 10.1 Å². The number of rotatable bonds is 5. The molecule has 0 N–H and O–H groups in total. The van der Waals surface area contributed by atoms with E-state index in [0.29, 0.717) is 19.4 Å². The summed E-state index contributed by atoms with van der Waals surface area (Å²) in [6.45, 7) is 1.53. The van der Waals surface area contributed by atoms with Gasteiger partial charge in [0, 0.05) is 30.9 Å². The third-order valence-electron chi connectivity index (χ3n) is 2.44. The summed E-state index contributed by atoms with van der Waals surface area (Å²) in [5.74, 6) is 0.206. The molecular formula is C9H16N2O3. The summed E-state index contributed by atoms with van der Waals surface area (Å²) < 4.78 is 0. The number of likely N-dealkylation sites (tertiary alicyclic amines) is 1. The van der Waals surface area contributed by atoms with Gasteiger partial charge in [-0.25, -0.2) is 0 Å². The average Bonchev–Trinajstić information content (AvgIpc) is 2.15. The fraction of sp³-hybridized carbons (Fsp3) is 0.889. The topological polar surface area (TPSA) is 63.5 Å². The van der Waals surface area contributed by atoms with Crippen molar-refractivity contribution >= 4 is 5.91 Å². The van der Waals surface area contributed by atoms with Gasteiger partial charge in [-0.05, 0) is 19.3 Å². The van der Waals surface area contributed by atoms with Crippen molar-refractivity contribution in [1.82, 2.24) is 4.90 Å². The first-order valence-electron chi connectivity index (χ1n) is 5.10. The summed E-state index contributed by atoms with van der Waals surface area (Å²) in [6.07, 6.45) is 4.02. The summed E-state index contributed by atoms with van der Waals surface area (Å²) >= 11 is 0. The summed E-state index contributed by atoms with van der Waals surface area (Å²) in [5, 5.41) is 10.0. The molecule has 0 spiro atoms. The predicted octanol–water partition coefficient (Wildman–Crippen LogP) is 1.06. The molecule has 14 heavy (non-hydrogen) atoms. The van der Waals surface area contributed by atoms with E-state index in [-0.39, 0.29) is 17.4 Å². The molecule has 0 unspecified atom stereocenters.